The van der Waals surface area contributed by atoms with Crippen LogP contribution in [0.4, 0.5) is 0 Å². The van der Waals surface area contributed by atoms with Crippen molar-refractivity contribution in [3.05, 3.63) is 33.4 Å². The third-order valence-electron chi connectivity index (χ3n) is 2.64. The van der Waals surface area contributed by atoms with Crippen LogP contribution < -0.4 is 5.32 Å². The van der Waals surface area contributed by atoms with Crippen LogP contribution in [-0.2, 0) is 13.1 Å². The van der Waals surface area contributed by atoms with Crippen molar-refractivity contribution in [3.63, 3.8) is 0 Å². The summed E-state index contributed by atoms with van der Waals surface area (Å²) in [6.07, 6.45) is 1.99. The van der Waals surface area contributed by atoms with Gasteiger partial charge in [0.05, 0.1) is 15.6 Å². The summed E-state index contributed by atoms with van der Waals surface area (Å²) in [6.45, 7) is 1.75. The van der Waals surface area contributed by atoms with Crippen molar-refractivity contribution in [1.29, 1.82) is 0 Å². The topological polar surface area (TPSA) is 27.8 Å². The first-order chi connectivity index (χ1) is 6.77. The molecule has 0 bridgehead atoms. The van der Waals surface area contributed by atoms with Crippen LogP contribution in [0.15, 0.2) is 12.3 Å². The predicted octanol–water partition coefficient (Wildman–Crippen LogP) is 3.08. The number of rotatable bonds is 0. The predicted molar refractivity (Wildman–Crippen MR) is 58.9 cm³/mol. The molecular weight excluding hydrogens is 219 g/mol. The molecule has 0 saturated heterocycles. The fourth-order valence-electron chi connectivity index (χ4n) is 2.02. The molecule has 4 heteroatoms. The molecule has 0 fully saturated rings. The Labute approximate surface area is 91.2 Å². The number of benzene rings is 1. The number of hydrogen-bond donors (Lipinski definition) is 2. The van der Waals surface area contributed by atoms with E-state index in [-0.39, 0.29) is 0 Å². The van der Waals surface area contributed by atoms with Crippen LogP contribution >= 0.6 is 23.2 Å². The molecule has 1 aliphatic heterocycles. The third kappa shape index (κ3) is 1.02. The Morgan fingerprint density at radius 3 is 2.79 bits per heavy atom. The highest BCUT2D eigenvalue weighted by molar-refractivity contribution is 6.45. The third-order valence-corrected chi connectivity index (χ3v) is 3.43. The van der Waals surface area contributed by atoms with Crippen molar-refractivity contribution >= 4 is 34.1 Å². The molecule has 2 aromatic rings. The lowest BCUT2D eigenvalue weighted by Crippen LogP contribution is -2.17. The van der Waals surface area contributed by atoms with Gasteiger partial charge in [-0.05, 0) is 17.2 Å². The maximum absolute atomic E-state index is 6.11. The lowest BCUT2D eigenvalue weighted by Gasteiger charge is -2.14. The minimum atomic E-state index is 0.617. The molecule has 1 aromatic heterocycles. The quantitative estimate of drug-likeness (QED) is 0.711. The van der Waals surface area contributed by atoms with Crippen LogP contribution in [0.1, 0.15) is 11.1 Å². The molecule has 0 atom stereocenters. The van der Waals surface area contributed by atoms with E-state index < -0.39 is 0 Å². The lowest BCUT2D eigenvalue weighted by atomic mass is 10.0. The van der Waals surface area contributed by atoms with Crippen molar-refractivity contribution in [1.82, 2.24) is 10.3 Å². The van der Waals surface area contributed by atoms with Crippen molar-refractivity contribution in [2.75, 3.05) is 0 Å². The van der Waals surface area contributed by atoms with Crippen molar-refractivity contribution in [2.24, 2.45) is 0 Å². The van der Waals surface area contributed by atoms with E-state index in [1.54, 1.807) is 0 Å². The first-order valence-electron chi connectivity index (χ1n) is 4.45. The van der Waals surface area contributed by atoms with Gasteiger partial charge in [-0.1, -0.05) is 23.2 Å². The Balaban J connectivity index is 2.50. The molecule has 2 nitrogen and oxygen atoms in total. The standard InChI is InChI=1S/C10H8Cl2N2/c11-7-1-5-2-13-3-6-4-14-10(8(5)6)9(7)12/h1,4,13-14H,2-3H2. The van der Waals surface area contributed by atoms with Gasteiger partial charge in [0.15, 0.2) is 0 Å². The summed E-state index contributed by atoms with van der Waals surface area (Å²) in [7, 11) is 0. The van der Waals surface area contributed by atoms with Gasteiger partial charge in [0.1, 0.15) is 0 Å². The van der Waals surface area contributed by atoms with Gasteiger partial charge >= 0.3 is 0 Å². The molecule has 1 aliphatic rings. The molecule has 14 heavy (non-hydrogen) atoms. The van der Waals surface area contributed by atoms with Crippen LogP contribution in [0.5, 0.6) is 0 Å². The molecule has 72 valence electrons. The molecule has 0 unspecified atom stereocenters. The Morgan fingerprint density at radius 2 is 1.93 bits per heavy atom. The second-order valence-corrected chi connectivity index (χ2v) is 4.28. The average molecular weight is 227 g/mol. The highest BCUT2D eigenvalue weighted by Gasteiger charge is 2.17. The van der Waals surface area contributed by atoms with E-state index >= 15 is 0 Å². The van der Waals surface area contributed by atoms with Gasteiger partial charge in [-0.3, -0.25) is 0 Å². The number of hydrogen-bond acceptors (Lipinski definition) is 1. The van der Waals surface area contributed by atoms with Crippen LogP contribution in [0.3, 0.4) is 0 Å². The molecule has 3 rings (SSSR count). The summed E-state index contributed by atoms with van der Waals surface area (Å²) in [6, 6.07) is 1.94. The van der Waals surface area contributed by atoms with E-state index in [0.717, 1.165) is 18.6 Å². The van der Waals surface area contributed by atoms with Gasteiger partial charge in [0, 0.05) is 24.7 Å². The van der Waals surface area contributed by atoms with Crippen molar-refractivity contribution in [3.8, 4) is 0 Å². The SMILES string of the molecule is Clc1cc2c3c(c[nH]c3c1Cl)CNC2. The molecule has 1 aromatic carbocycles. The lowest BCUT2D eigenvalue weighted by molar-refractivity contribution is 0.684. The summed E-state index contributed by atoms with van der Waals surface area (Å²) in [5.74, 6) is 0. The average Bonchev–Trinajstić information content (AvgIpc) is 2.60. The van der Waals surface area contributed by atoms with Gasteiger partial charge in [-0.2, -0.15) is 0 Å². The number of nitrogens with one attached hydrogen (secondary N) is 2. The highest BCUT2D eigenvalue weighted by atomic mass is 35.5. The Bertz CT molecular complexity index is 516. The maximum atomic E-state index is 6.11. The first kappa shape index (κ1) is 8.60. The summed E-state index contributed by atoms with van der Waals surface area (Å²) < 4.78 is 0. The zero-order chi connectivity index (χ0) is 9.71. The zero-order valence-corrected chi connectivity index (χ0v) is 8.84. The number of H-pyrrole nitrogens is 1. The second kappa shape index (κ2) is 2.89. The van der Waals surface area contributed by atoms with Gasteiger partial charge < -0.3 is 10.3 Å². The van der Waals surface area contributed by atoms with Crippen LogP contribution in [0.25, 0.3) is 10.9 Å². The minimum Gasteiger partial charge on any atom is -0.360 e. The van der Waals surface area contributed by atoms with E-state index in [4.69, 9.17) is 23.2 Å². The van der Waals surface area contributed by atoms with E-state index in [9.17, 15) is 0 Å². The van der Waals surface area contributed by atoms with E-state index in [1.165, 1.54) is 16.5 Å². The normalized spacial score (nSPS) is 15.0. The molecule has 0 amide bonds. The van der Waals surface area contributed by atoms with Crippen LogP contribution in [0.2, 0.25) is 10.0 Å². The minimum absolute atomic E-state index is 0.617. The van der Waals surface area contributed by atoms with E-state index in [0.29, 0.717) is 10.0 Å². The largest absolute Gasteiger partial charge is 0.360 e. The monoisotopic (exact) mass is 226 g/mol. The second-order valence-electron chi connectivity index (χ2n) is 3.50. The summed E-state index contributed by atoms with van der Waals surface area (Å²) in [5.41, 5.74) is 3.45. The summed E-state index contributed by atoms with van der Waals surface area (Å²) in [4.78, 5) is 3.17. The van der Waals surface area contributed by atoms with Gasteiger partial charge in [0.2, 0.25) is 0 Å². The van der Waals surface area contributed by atoms with E-state index in [1.807, 2.05) is 12.3 Å². The molecule has 2 N–H and O–H groups in total. The van der Waals surface area contributed by atoms with Crippen molar-refractivity contribution < 1.29 is 0 Å². The molecular formula is C10H8Cl2N2. The molecule has 0 radical (unpaired) electrons. The first-order valence-corrected chi connectivity index (χ1v) is 5.20. The molecule has 0 aliphatic carbocycles. The molecule has 0 spiro atoms. The van der Waals surface area contributed by atoms with Crippen LogP contribution in [-0.4, -0.2) is 4.98 Å². The van der Waals surface area contributed by atoms with E-state index in [2.05, 4.69) is 10.3 Å². The molecule has 2 heterocycles. The Morgan fingerprint density at radius 1 is 1.14 bits per heavy atom. The highest BCUT2D eigenvalue weighted by Crippen LogP contribution is 2.36. The Kier molecular flexibility index (Phi) is 1.78. The van der Waals surface area contributed by atoms with Gasteiger partial charge in [-0.25, -0.2) is 0 Å². The maximum Gasteiger partial charge on any atom is 0.0833 e. The zero-order valence-electron chi connectivity index (χ0n) is 7.32. The van der Waals surface area contributed by atoms with Crippen LogP contribution in [0, 0.1) is 0 Å². The smallest absolute Gasteiger partial charge is 0.0833 e. The number of aromatic amines is 1. The fraction of sp³-hybridized carbons (Fsp3) is 0.200. The number of aromatic nitrogens is 1. The molecule has 0 saturated carbocycles. The van der Waals surface area contributed by atoms with Gasteiger partial charge in [-0.15, -0.1) is 0 Å². The fourth-order valence-corrected chi connectivity index (χ4v) is 2.45. The number of halogens is 2. The van der Waals surface area contributed by atoms with Crippen molar-refractivity contribution in [2.45, 2.75) is 13.1 Å². The summed E-state index contributed by atoms with van der Waals surface area (Å²) in [5, 5.41) is 5.79. The summed E-state index contributed by atoms with van der Waals surface area (Å²) >= 11 is 12.1. The van der Waals surface area contributed by atoms with Gasteiger partial charge in [0.25, 0.3) is 0 Å². The Hall–Kier alpha value is -0.700.